The van der Waals surface area contributed by atoms with Gasteiger partial charge in [0.2, 0.25) is 0 Å². The van der Waals surface area contributed by atoms with E-state index in [0.29, 0.717) is 44.5 Å². The summed E-state index contributed by atoms with van der Waals surface area (Å²) >= 11 is 0. The average molecular weight is 587 g/mol. The molecule has 0 amide bonds. The Bertz CT molecular complexity index is 1230. The van der Waals surface area contributed by atoms with Crippen LogP contribution in [0.25, 0.3) is 0 Å². The van der Waals surface area contributed by atoms with Gasteiger partial charge in [-0.1, -0.05) is 38.5 Å². The number of phenols is 1. The van der Waals surface area contributed by atoms with Gasteiger partial charge in [0, 0.05) is 29.6 Å². The molecule has 3 N–H and O–H groups in total. The predicted molar refractivity (Wildman–Crippen MR) is 139 cm³/mol. The lowest BCUT2D eigenvalue weighted by molar-refractivity contribution is -0.362. The Morgan fingerprint density at radius 1 is 0.878 bits per heavy atom. The number of halogens is 5. The van der Waals surface area contributed by atoms with E-state index in [1.165, 1.54) is 19.1 Å². The quantitative estimate of drug-likeness (QED) is 0.268. The van der Waals surface area contributed by atoms with Gasteiger partial charge in [-0.2, -0.15) is 22.0 Å². The molecule has 1 spiro atoms. The molecule has 4 aliphatic carbocycles. The minimum atomic E-state index is -5.90. The molecular weight excluding hydrogens is 547 g/mol. The van der Waals surface area contributed by atoms with E-state index in [-0.39, 0.29) is 36.3 Å². The molecule has 6 rings (SSSR count). The molecule has 0 radical (unpaired) electrons. The largest absolute Gasteiger partial charge is 0.508 e. The third-order valence-electron chi connectivity index (χ3n) is 11.2. The Balaban J connectivity index is 1.45. The lowest BCUT2D eigenvalue weighted by Crippen LogP contribution is -2.65. The summed E-state index contributed by atoms with van der Waals surface area (Å²) in [7, 11) is 0. The fourth-order valence-electron chi connectivity index (χ4n) is 9.01. The molecule has 1 saturated heterocycles. The van der Waals surface area contributed by atoms with Gasteiger partial charge in [0.25, 0.3) is 0 Å². The molecule has 1 aromatic carbocycles. The summed E-state index contributed by atoms with van der Waals surface area (Å²) in [6, 6.07) is 6.23. The molecule has 5 nitrogen and oxygen atoms in total. The van der Waals surface area contributed by atoms with E-state index in [1.807, 2.05) is 13.8 Å². The van der Waals surface area contributed by atoms with Gasteiger partial charge in [-0.15, -0.1) is 0 Å². The van der Waals surface area contributed by atoms with Crippen LogP contribution in [0.5, 0.6) is 5.75 Å². The molecule has 228 valence electrons. The van der Waals surface area contributed by atoms with Crippen molar-refractivity contribution in [1.82, 2.24) is 0 Å². The molecule has 3 saturated carbocycles. The van der Waals surface area contributed by atoms with Crippen molar-refractivity contribution in [2.24, 2.45) is 22.7 Å². The number of hydrogen-bond acceptors (Lipinski definition) is 5. The van der Waals surface area contributed by atoms with E-state index >= 15 is 8.78 Å². The van der Waals surface area contributed by atoms with Gasteiger partial charge in [-0.05, 0) is 73.6 Å². The number of fused-ring (bicyclic) bond motifs is 4. The second kappa shape index (κ2) is 8.89. The van der Waals surface area contributed by atoms with Crippen molar-refractivity contribution in [3.63, 3.8) is 0 Å². The van der Waals surface area contributed by atoms with Gasteiger partial charge >= 0.3 is 12.1 Å². The van der Waals surface area contributed by atoms with E-state index in [2.05, 4.69) is 0 Å². The number of hydrogen-bond donors (Lipinski definition) is 3. The number of allylic oxidation sites excluding steroid dienone is 1. The molecule has 3 unspecified atom stereocenters. The first kappa shape index (κ1) is 29.3. The van der Waals surface area contributed by atoms with Crippen LogP contribution in [-0.2, 0) is 9.47 Å². The molecule has 4 fully saturated rings. The predicted octanol–water partition coefficient (Wildman–Crippen LogP) is 6.62. The summed E-state index contributed by atoms with van der Waals surface area (Å²) in [6.45, 7) is 6.45. The summed E-state index contributed by atoms with van der Waals surface area (Å²) in [6.07, 6.45) is -4.80. The lowest BCUT2D eigenvalue weighted by atomic mass is 9.49. The lowest BCUT2D eigenvalue weighted by Gasteiger charge is -2.59. The van der Waals surface area contributed by atoms with Crippen LogP contribution >= 0.6 is 0 Å². The van der Waals surface area contributed by atoms with E-state index in [1.54, 1.807) is 12.1 Å². The van der Waals surface area contributed by atoms with E-state index in [4.69, 9.17) is 9.47 Å². The highest BCUT2D eigenvalue weighted by Crippen LogP contribution is 2.71. The van der Waals surface area contributed by atoms with Crippen molar-refractivity contribution in [1.29, 1.82) is 0 Å². The zero-order chi connectivity index (χ0) is 29.9. The zero-order valence-corrected chi connectivity index (χ0v) is 23.7. The number of benzene rings is 1. The van der Waals surface area contributed by atoms with Crippen LogP contribution in [0.3, 0.4) is 0 Å². The van der Waals surface area contributed by atoms with Crippen molar-refractivity contribution in [3.05, 3.63) is 41.0 Å². The molecule has 41 heavy (non-hydrogen) atoms. The summed E-state index contributed by atoms with van der Waals surface area (Å²) in [5.74, 6) is -7.82. The van der Waals surface area contributed by atoms with Gasteiger partial charge in [-0.25, -0.2) is 0 Å². The van der Waals surface area contributed by atoms with Crippen molar-refractivity contribution in [2.75, 3.05) is 13.2 Å². The summed E-state index contributed by atoms with van der Waals surface area (Å²) in [4.78, 5) is 0. The maximum absolute atomic E-state index is 15.1. The van der Waals surface area contributed by atoms with Gasteiger partial charge in [0.15, 0.2) is 5.79 Å². The average Bonchev–Trinajstić information content (AvgIpc) is 3.16. The van der Waals surface area contributed by atoms with Gasteiger partial charge in [0.1, 0.15) is 11.4 Å². The van der Waals surface area contributed by atoms with Crippen molar-refractivity contribution >= 4 is 0 Å². The second-order valence-electron chi connectivity index (χ2n) is 14.3. The Morgan fingerprint density at radius 2 is 1.51 bits per heavy atom. The second-order valence-corrected chi connectivity index (χ2v) is 14.3. The molecule has 6 atom stereocenters. The molecule has 0 bridgehead atoms. The number of rotatable bonds is 2. The normalized spacial score (nSPS) is 40.2. The first-order valence-electron chi connectivity index (χ1n) is 14.6. The molecular formula is C31H39F5O5. The Hall–Kier alpha value is -1.75. The molecule has 0 aromatic heterocycles. The topological polar surface area (TPSA) is 79.2 Å². The van der Waals surface area contributed by atoms with Crippen LogP contribution in [0.4, 0.5) is 22.0 Å². The fourth-order valence-corrected chi connectivity index (χ4v) is 9.01. The van der Waals surface area contributed by atoms with Crippen molar-refractivity contribution in [2.45, 2.75) is 107 Å². The first-order valence-corrected chi connectivity index (χ1v) is 14.6. The third-order valence-corrected chi connectivity index (χ3v) is 11.2. The smallest absolute Gasteiger partial charge is 0.456 e. The highest BCUT2D eigenvalue weighted by Gasteiger charge is 2.79. The van der Waals surface area contributed by atoms with Crippen LogP contribution in [0.1, 0.15) is 83.6 Å². The minimum absolute atomic E-state index is 0.00176. The maximum atomic E-state index is 15.1. The van der Waals surface area contributed by atoms with Crippen LogP contribution in [0, 0.1) is 22.7 Å². The highest BCUT2D eigenvalue weighted by atomic mass is 19.4. The SMILES string of the molecule is CC1(C)COC2(CCC3=C4C(CC[C@@]3(O)C2)C2CC[C@@](O)(C(F)(F)C(F)(F)F)C2(C)C[C@@H]4c2ccc(O)cc2)OC1. The van der Waals surface area contributed by atoms with Crippen LogP contribution < -0.4 is 0 Å². The van der Waals surface area contributed by atoms with Crippen LogP contribution in [0.15, 0.2) is 35.4 Å². The van der Waals surface area contributed by atoms with E-state index in [9.17, 15) is 28.5 Å². The molecule has 1 aromatic rings. The summed E-state index contributed by atoms with van der Waals surface area (Å²) in [5, 5.41) is 33.5. The molecule has 10 heteroatoms. The van der Waals surface area contributed by atoms with Gasteiger partial charge in [0.05, 0.1) is 18.8 Å². The molecule has 1 aliphatic heterocycles. The Morgan fingerprint density at radius 3 is 2.12 bits per heavy atom. The third kappa shape index (κ3) is 4.14. The number of alkyl halides is 5. The van der Waals surface area contributed by atoms with Crippen LogP contribution in [0.2, 0.25) is 0 Å². The monoisotopic (exact) mass is 586 g/mol. The zero-order valence-electron chi connectivity index (χ0n) is 23.7. The van der Waals surface area contributed by atoms with Crippen molar-refractivity contribution in [3.8, 4) is 5.75 Å². The minimum Gasteiger partial charge on any atom is -0.508 e. The fraction of sp³-hybridized carbons (Fsp3) is 0.742. The number of aromatic hydroxyl groups is 1. The summed E-state index contributed by atoms with van der Waals surface area (Å²) in [5.41, 5.74) is -4.09. The number of ether oxygens (including phenoxy) is 2. The Kier molecular flexibility index (Phi) is 6.36. The standard InChI is InChI=1S/C31H39F5O5/c1-25(2)16-40-28(41-17-25)12-9-23-24-20(8-11-27(23,38)15-28)22-10-13-29(39,30(32,33)31(34,35)36)26(22,3)14-21(24)18-4-6-19(37)7-5-18/h4-7,20-22,37-39H,8-17H2,1-3H3/t20?,21-,22?,26?,27-,29+/m1/s1. The van der Waals surface area contributed by atoms with E-state index < -0.39 is 52.8 Å². The van der Waals surface area contributed by atoms with Gasteiger partial charge < -0.3 is 24.8 Å². The van der Waals surface area contributed by atoms with Crippen molar-refractivity contribution < 1.29 is 46.7 Å². The van der Waals surface area contributed by atoms with Gasteiger partial charge in [-0.3, -0.25) is 0 Å². The number of phenolic OH excluding ortho intramolecular Hbond substituents is 1. The maximum Gasteiger partial charge on any atom is 0.456 e. The van der Waals surface area contributed by atoms with Crippen LogP contribution in [-0.4, -0.2) is 57.6 Å². The number of aliphatic hydroxyl groups is 2. The summed E-state index contributed by atoms with van der Waals surface area (Å²) < 4.78 is 84.0. The molecule has 5 aliphatic rings. The van der Waals surface area contributed by atoms with E-state index in [0.717, 1.165) is 11.1 Å². The molecule has 1 heterocycles. The Labute approximate surface area is 236 Å². The highest BCUT2D eigenvalue weighted by molar-refractivity contribution is 5.45. The first-order chi connectivity index (χ1) is 18.9.